The Morgan fingerprint density at radius 2 is 0.667 bits per heavy atom. The maximum atomic E-state index is 2.41. The molecule has 51 heavy (non-hydrogen) atoms. The Morgan fingerprint density at radius 1 is 0.294 bits per heavy atom. The van der Waals surface area contributed by atoms with Crippen LogP contribution in [0.5, 0.6) is 0 Å². The minimum absolute atomic E-state index is 1.11. The van der Waals surface area contributed by atoms with Gasteiger partial charge in [-0.1, -0.05) is 152 Å². The fraction of sp³-hybridized carbons (Fsp3) is 0.0400. The largest absolute Gasteiger partial charge is 0.310 e. The van der Waals surface area contributed by atoms with Gasteiger partial charge in [0.1, 0.15) is 0 Å². The minimum atomic E-state index is 1.11. The monoisotopic (exact) mass is 653 g/mol. The zero-order valence-electron chi connectivity index (χ0n) is 29.0. The molecule has 8 aromatic carbocycles. The van der Waals surface area contributed by atoms with E-state index in [-0.39, 0.29) is 0 Å². The molecular formula is C50H39N. The molecule has 0 aliphatic heterocycles. The van der Waals surface area contributed by atoms with Gasteiger partial charge >= 0.3 is 0 Å². The van der Waals surface area contributed by atoms with Crippen molar-refractivity contribution in [1.29, 1.82) is 0 Å². The average Bonchev–Trinajstić information content (AvgIpc) is 3.20. The third kappa shape index (κ3) is 6.63. The molecule has 1 heteroatoms. The number of aryl methyl sites for hydroxylation is 2. The summed E-state index contributed by atoms with van der Waals surface area (Å²) in [6.45, 7) is 4.42. The van der Waals surface area contributed by atoms with Crippen molar-refractivity contribution in [2.45, 2.75) is 13.8 Å². The Balaban J connectivity index is 1.26. The summed E-state index contributed by atoms with van der Waals surface area (Å²) in [6.07, 6.45) is 0. The van der Waals surface area contributed by atoms with E-state index in [1.54, 1.807) is 0 Å². The van der Waals surface area contributed by atoms with Crippen molar-refractivity contribution in [3.05, 3.63) is 211 Å². The Morgan fingerprint density at radius 3 is 1.14 bits per heavy atom. The Kier molecular flexibility index (Phi) is 8.85. The third-order valence-corrected chi connectivity index (χ3v) is 9.74. The predicted molar refractivity (Wildman–Crippen MR) is 218 cm³/mol. The van der Waals surface area contributed by atoms with Crippen molar-refractivity contribution in [1.82, 2.24) is 0 Å². The summed E-state index contributed by atoms with van der Waals surface area (Å²) in [5.41, 5.74) is 18.0. The first-order chi connectivity index (χ1) is 25.1. The minimum Gasteiger partial charge on any atom is -0.310 e. The van der Waals surface area contributed by atoms with E-state index < -0.39 is 0 Å². The van der Waals surface area contributed by atoms with E-state index in [0.29, 0.717) is 0 Å². The van der Waals surface area contributed by atoms with Gasteiger partial charge in [-0.3, -0.25) is 0 Å². The summed E-state index contributed by atoms with van der Waals surface area (Å²) < 4.78 is 0. The lowest BCUT2D eigenvalue weighted by atomic mass is 9.92. The SMILES string of the molecule is Cc1ccccc1-c1c(C)cccc1N(c1ccc(-c2ccccc2)cc1)c1ccc(-c2cc(-c3ccccc3)cc(-c3ccccc3)c2)cc1. The van der Waals surface area contributed by atoms with E-state index in [2.05, 4.69) is 219 Å². The summed E-state index contributed by atoms with van der Waals surface area (Å²) in [4.78, 5) is 2.41. The van der Waals surface area contributed by atoms with E-state index >= 15 is 0 Å². The summed E-state index contributed by atoms with van der Waals surface area (Å²) >= 11 is 0. The molecule has 0 N–H and O–H groups in total. The van der Waals surface area contributed by atoms with Crippen LogP contribution in [0.4, 0.5) is 17.1 Å². The molecule has 0 heterocycles. The van der Waals surface area contributed by atoms with Gasteiger partial charge in [-0.15, -0.1) is 0 Å². The fourth-order valence-electron chi connectivity index (χ4n) is 7.09. The van der Waals surface area contributed by atoms with Crippen LogP contribution in [0, 0.1) is 13.8 Å². The molecular weight excluding hydrogens is 615 g/mol. The summed E-state index contributed by atoms with van der Waals surface area (Å²) in [7, 11) is 0. The molecule has 244 valence electrons. The number of nitrogens with zero attached hydrogens (tertiary/aromatic N) is 1. The third-order valence-electron chi connectivity index (χ3n) is 9.74. The second-order valence-corrected chi connectivity index (χ2v) is 13.1. The highest BCUT2D eigenvalue weighted by Gasteiger charge is 2.20. The fourth-order valence-corrected chi connectivity index (χ4v) is 7.09. The number of hydrogen-bond acceptors (Lipinski definition) is 1. The van der Waals surface area contributed by atoms with E-state index in [1.807, 2.05) is 0 Å². The molecule has 0 aliphatic carbocycles. The standard InChI is InChI=1S/C50H39N/c1-36-15-12-13-23-48(36)50-37(2)16-14-24-49(50)51(46-29-25-41(26-30-46)38-17-6-3-7-18-38)47-31-27-42(28-32-47)45-34-43(39-19-8-4-9-20-39)33-44(35-45)40-21-10-5-11-22-40/h3-35H,1-2H3. The van der Waals surface area contributed by atoms with Gasteiger partial charge in [0.05, 0.1) is 5.69 Å². The normalized spacial score (nSPS) is 10.9. The zero-order chi connectivity index (χ0) is 34.6. The van der Waals surface area contributed by atoms with Crippen LogP contribution in [0.1, 0.15) is 11.1 Å². The van der Waals surface area contributed by atoms with Gasteiger partial charge in [0.15, 0.2) is 0 Å². The molecule has 8 rings (SSSR count). The second kappa shape index (κ2) is 14.2. The molecule has 8 aromatic rings. The van der Waals surface area contributed by atoms with Gasteiger partial charge in [0, 0.05) is 16.9 Å². The van der Waals surface area contributed by atoms with Crippen LogP contribution in [0.25, 0.3) is 55.6 Å². The van der Waals surface area contributed by atoms with Crippen LogP contribution in [0.15, 0.2) is 200 Å². The molecule has 0 bridgehead atoms. The maximum absolute atomic E-state index is 2.41. The van der Waals surface area contributed by atoms with Gasteiger partial charge in [-0.05, 0) is 124 Å². The van der Waals surface area contributed by atoms with E-state index in [1.165, 1.54) is 66.8 Å². The first-order valence-corrected chi connectivity index (χ1v) is 17.6. The van der Waals surface area contributed by atoms with E-state index in [0.717, 1.165) is 17.1 Å². The van der Waals surface area contributed by atoms with E-state index in [4.69, 9.17) is 0 Å². The van der Waals surface area contributed by atoms with Gasteiger partial charge in [-0.25, -0.2) is 0 Å². The Bertz CT molecular complexity index is 2340. The molecule has 0 spiro atoms. The molecule has 0 radical (unpaired) electrons. The summed E-state index contributed by atoms with van der Waals surface area (Å²) in [5.74, 6) is 0. The number of anilines is 3. The Labute approximate surface area is 301 Å². The predicted octanol–water partition coefficient (Wildman–Crippen LogP) is 14.1. The van der Waals surface area contributed by atoms with Crippen LogP contribution in [0.2, 0.25) is 0 Å². The van der Waals surface area contributed by atoms with Crippen molar-refractivity contribution >= 4 is 17.1 Å². The maximum Gasteiger partial charge on any atom is 0.0542 e. The van der Waals surface area contributed by atoms with Crippen molar-refractivity contribution in [2.75, 3.05) is 4.90 Å². The van der Waals surface area contributed by atoms with Gasteiger partial charge in [-0.2, -0.15) is 0 Å². The molecule has 0 unspecified atom stereocenters. The molecule has 1 nitrogen and oxygen atoms in total. The average molecular weight is 654 g/mol. The topological polar surface area (TPSA) is 3.24 Å². The lowest BCUT2D eigenvalue weighted by Gasteiger charge is -2.29. The van der Waals surface area contributed by atoms with Crippen LogP contribution < -0.4 is 4.90 Å². The van der Waals surface area contributed by atoms with Crippen molar-refractivity contribution in [3.8, 4) is 55.6 Å². The van der Waals surface area contributed by atoms with E-state index in [9.17, 15) is 0 Å². The molecule has 0 atom stereocenters. The Hall–Kier alpha value is -6.44. The first kappa shape index (κ1) is 31.8. The lowest BCUT2D eigenvalue weighted by molar-refractivity contribution is 1.27. The molecule has 0 fully saturated rings. The highest BCUT2D eigenvalue weighted by Crippen LogP contribution is 2.44. The molecule has 0 aliphatic rings. The lowest BCUT2D eigenvalue weighted by Crippen LogP contribution is -2.12. The molecule has 0 aromatic heterocycles. The highest BCUT2D eigenvalue weighted by atomic mass is 15.1. The van der Waals surface area contributed by atoms with Crippen LogP contribution in [-0.2, 0) is 0 Å². The highest BCUT2D eigenvalue weighted by molar-refractivity contribution is 5.91. The second-order valence-electron chi connectivity index (χ2n) is 13.1. The number of hydrogen-bond donors (Lipinski definition) is 0. The van der Waals surface area contributed by atoms with Gasteiger partial charge in [0.25, 0.3) is 0 Å². The smallest absolute Gasteiger partial charge is 0.0542 e. The van der Waals surface area contributed by atoms with Crippen LogP contribution in [-0.4, -0.2) is 0 Å². The molecule has 0 saturated heterocycles. The first-order valence-electron chi connectivity index (χ1n) is 17.6. The number of benzene rings is 8. The number of rotatable bonds is 8. The van der Waals surface area contributed by atoms with Crippen molar-refractivity contribution in [3.63, 3.8) is 0 Å². The zero-order valence-corrected chi connectivity index (χ0v) is 29.0. The van der Waals surface area contributed by atoms with Crippen LogP contribution in [0.3, 0.4) is 0 Å². The summed E-state index contributed by atoms with van der Waals surface area (Å²) in [6, 6.07) is 72.2. The molecule has 0 saturated carbocycles. The molecule has 0 amide bonds. The quantitative estimate of drug-likeness (QED) is 0.158. The van der Waals surface area contributed by atoms with Crippen molar-refractivity contribution < 1.29 is 0 Å². The van der Waals surface area contributed by atoms with Gasteiger partial charge in [0.2, 0.25) is 0 Å². The van der Waals surface area contributed by atoms with Gasteiger partial charge < -0.3 is 4.90 Å². The van der Waals surface area contributed by atoms with Crippen LogP contribution >= 0.6 is 0 Å². The van der Waals surface area contributed by atoms with Crippen molar-refractivity contribution in [2.24, 2.45) is 0 Å². The summed E-state index contributed by atoms with van der Waals surface area (Å²) in [5, 5.41) is 0.